The number of ether oxygens (including phenoxy) is 1. The smallest absolute Gasteiger partial charge is 0.412 e. The van der Waals surface area contributed by atoms with Crippen molar-refractivity contribution in [1.29, 1.82) is 0 Å². The van der Waals surface area contributed by atoms with Gasteiger partial charge in [0.05, 0.1) is 0 Å². The van der Waals surface area contributed by atoms with Crippen molar-refractivity contribution in [1.82, 2.24) is 20.5 Å². The maximum atomic E-state index is 12.1. The molecule has 9 nitrogen and oxygen atoms in total. The molecule has 1 heterocycles. The summed E-state index contributed by atoms with van der Waals surface area (Å²) in [5, 5.41) is 11.8. The van der Waals surface area contributed by atoms with E-state index in [1.54, 1.807) is 45.0 Å². The quantitative estimate of drug-likeness (QED) is 0.651. The molecule has 0 radical (unpaired) electrons. The van der Waals surface area contributed by atoms with Gasteiger partial charge in [0.2, 0.25) is 5.95 Å². The van der Waals surface area contributed by atoms with Crippen LogP contribution in [0, 0.1) is 0 Å². The number of rotatable bonds is 5. The first-order valence-electron chi connectivity index (χ1n) is 7.78. The SMILES string of the molecule is CC(C)(C)OC(=O)Nc1ccc(C(=O)NCCc2nc(N)n[nH]2)cc1. The van der Waals surface area contributed by atoms with Crippen LogP contribution in [0.3, 0.4) is 0 Å². The van der Waals surface area contributed by atoms with Gasteiger partial charge in [0.15, 0.2) is 0 Å². The molecule has 0 spiro atoms. The van der Waals surface area contributed by atoms with Gasteiger partial charge in [0, 0.05) is 24.2 Å². The second-order valence-electron chi connectivity index (χ2n) is 6.35. The highest BCUT2D eigenvalue weighted by molar-refractivity contribution is 5.95. The Bertz CT molecular complexity index is 733. The van der Waals surface area contributed by atoms with Crippen molar-refractivity contribution < 1.29 is 14.3 Å². The lowest BCUT2D eigenvalue weighted by molar-refractivity contribution is 0.0635. The number of nitrogens with zero attached hydrogens (tertiary/aromatic N) is 2. The summed E-state index contributed by atoms with van der Waals surface area (Å²) in [6, 6.07) is 6.51. The minimum Gasteiger partial charge on any atom is -0.444 e. The van der Waals surface area contributed by atoms with Gasteiger partial charge in [-0.1, -0.05) is 0 Å². The predicted molar refractivity (Wildman–Crippen MR) is 93.1 cm³/mol. The lowest BCUT2D eigenvalue weighted by atomic mass is 10.2. The van der Waals surface area contributed by atoms with Gasteiger partial charge in [-0.05, 0) is 45.0 Å². The molecule has 5 N–H and O–H groups in total. The maximum Gasteiger partial charge on any atom is 0.412 e. The molecule has 0 aliphatic carbocycles. The lowest BCUT2D eigenvalue weighted by Gasteiger charge is -2.19. The number of nitrogens with two attached hydrogens (primary N) is 1. The van der Waals surface area contributed by atoms with Crippen molar-refractivity contribution in [3.63, 3.8) is 0 Å². The van der Waals surface area contributed by atoms with E-state index in [1.165, 1.54) is 0 Å². The number of anilines is 2. The van der Waals surface area contributed by atoms with Crippen LogP contribution in [0.4, 0.5) is 16.4 Å². The lowest BCUT2D eigenvalue weighted by Crippen LogP contribution is -2.27. The van der Waals surface area contributed by atoms with E-state index in [4.69, 9.17) is 10.5 Å². The molecule has 1 aromatic heterocycles. The van der Waals surface area contributed by atoms with Gasteiger partial charge >= 0.3 is 6.09 Å². The Morgan fingerprint density at radius 2 is 1.92 bits per heavy atom. The Morgan fingerprint density at radius 3 is 2.48 bits per heavy atom. The average Bonchev–Trinajstić information content (AvgIpc) is 2.91. The molecule has 1 aromatic carbocycles. The summed E-state index contributed by atoms with van der Waals surface area (Å²) in [4.78, 5) is 27.7. The zero-order valence-electron chi connectivity index (χ0n) is 14.4. The molecule has 2 amide bonds. The van der Waals surface area contributed by atoms with Crippen LogP contribution >= 0.6 is 0 Å². The van der Waals surface area contributed by atoms with Crippen LogP contribution in [0.5, 0.6) is 0 Å². The molecule has 0 aliphatic heterocycles. The fraction of sp³-hybridized carbons (Fsp3) is 0.375. The summed E-state index contributed by atoms with van der Waals surface area (Å²) in [6.45, 7) is 5.75. The molecule has 0 saturated heterocycles. The topological polar surface area (TPSA) is 135 Å². The Kier molecular flexibility index (Phi) is 5.58. The molecule has 0 fully saturated rings. The van der Waals surface area contributed by atoms with E-state index in [-0.39, 0.29) is 11.9 Å². The first-order valence-corrected chi connectivity index (χ1v) is 7.78. The van der Waals surface area contributed by atoms with E-state index < -0.39 is 11.7 Å². The van der Waals surface area contributed by atoms with Crippen LogP contribution in [-0.4, -0.2) is 39.3 Å². The van der Waals surface area contributed by atoms with Gasteiger partial charge in [0.25, 0.3) is 5.91 Å². The summed E-state index contributed by atoms with van der Waals surface area (Å²) in [5.74, 6) is 0.556. The monoisotopic (exact) mass is 346 g/mol. The zero-order chi connectivity index (χ0) is 18.4. The van der Waals surface area contributed by atoms with Gasteiger partial charge in [-0.3, -0.25) is 15.2 Å². The zero-order valence-corrected chi connectivity index (χ0v) is 14.4. The average molecular weight is 346 g/mol. The molecule has 2 rings (SSSR count). The second kappa shape index (κ2) is 7.65. The van der Waals surface area contributed by atoms with Gasteiger partial charge in [-0.2, -0.15) is 4.98 Å². The number of benzene rings is 1. The number of amides is 2. The van der Waals surface area contributed by atoms with Gasteiger partial charge in [0.1, 0.15) is 11.4 Å². The molecule has 0 bridgehead atoms. The Morgan fingerprint density at radius 1 is 1.24 bits per heavy atom. The third-order valence-electron chi connectivity index (χ3n) is 2.99. The van der Waals surface area contributed by atoms with E-state index in [0.717, 1.165) is 0 Å². The van der Waals surface area contributed by atoms with Gasteiger partial charge in [-0.15, -0.1) is 5.10 Å². The van der Waals surface area contributed by atoms with Crippen LogP contribution < -0.4 is 16.4 Å². The molecular weight excluding hydrogens is 324 g/mol. The van der Waals surface area contributed by atoms with Crippen LogP contribution in [0.1, 0.15) is 37.0 Å². The van der Waals surface area contributed by atoms with Crippen LogP contribution in [0.25, 0.3) is 0 Å². The van der Waals surface area contributed by atoms with Crippen molar-refractivity contribution in [3.8, 4) is 0 Å². The second-order valence-corrected chi connectivity index (χ2v) is 6.35. The van der Waals surface area contributed by atoms with E-state index in [1.807, 2.05) is 0 Å². The predicted octanol–water partition coefficient (Wildman–Crippen LogP) is 1.71. The molecule has 25 heavy (non-hydrogen) atoms. The van der Waals surface area contributed by atoms with E-state index in [9.17, 15) is 9.59 Å². The summed E-state index contributed by atoms with van der Waals surface area (Å²) >= 11 is 0. The highest BCUT2D eigenvalue weighted by Gasteiger charge is 2.16. The Balaban J connectivity index is 1.82. The normalized spacial score (nSPS) is 11.0. The fourth-order valence-electron chi connectivity index (χ4n) is 1.94. The standard InChI is InChI=1S/C16H22N6O3/c1-16(2,3)25-15(24)19-11-6-4-10(5-7-11)13(23)18-9-8-12-20-14(17)22-21-12/h4-7H,8-9H2,1-3H3,(H,18,23)(H,19,24)(H3,17,20,21,22). The number of nitrogen functional groups attached to an aromatic ring is 1. The summed E-state index contributed by atoms with van der Waals surface area (Å²) in [6.07, 6.45) is -0.0511. The van der Waals surface area contributed by atoms with Gasteiger partial charge < -0.3 is 15.8 Å². The molecule has 2 aromatic rings. The Hall–Kier alpha value is -3.10. The molecule has 134 valence electrons. The minimum absolute atomic E-state index is 0.175. The van der Waals surface area contributed by atoms with Crippen LogP contribution in [0.2, 0.25) is 0 Å². The summed E-state index contributed by atoms with van der Waals surface area (Å²) in [7, 11) is 0. The number of hydrogen-bond donors (Lipinski definition) is 4. The van der Waals surface area contributed by atoms with E-state index >= 15 is 0 Å². The van der Waals surface area contributed by atoms with Crippen molar-refractivity contribution in [2.24, 2.45) is 0 Å². The number of carbonyl (C=O) groups excluding carboxylic acids is 2. The van der Waals surface area contributed by atoms with Crippen molar-refractivity contribution in [2.45, 2.75) is 32.8 Å². The highest BCUT2D eigenvalue weighted by Crippen LogP contribution is 2.13. The number of carbonyl (C=O) groups is 2. The van der Waals surface area contributed by atoms with E-state index in [2.05, 4.69) is 25.8 Å². The van der Waals surface area contributed by atoms with Crippen molar-refractivity contribution in [2.75, 3.05) is 17.6 Å². The number of H-pyrrole nitrogens is 1. The summed E-state index contributed by atoms with van der Waals surface area (Å²) in [5.41, 5.74) is 5.86. The first kappa shape index (κ1) is 18.2. The first-order chi connectivity index (χ1) is 11.7. The van der Waals surface area contributed by atoms with Crippen molar-refractivity contribution in [3.05, 3.63) is 35.7 Å². The summed E-state index contributed by atoms with van der Waals surface area (Å²) < 4.78 is 5.16. The van der Waals surface area contributed by atoms with Crippen LogP contribution in [0.15, 0.2) is 24.3 Å². The third-order valence-corrected chi connectivity index (χ3v) is 2.99. The molecular formula is C16H22N6O3. The largest absolute Gasteiger partial charge is 0.444 e. The van der Waals surface area contributed by atoms with Gasteiger partial charge in [-0.25, -0.2) is 4.79 Å². The Labute approximate surface area is 145 Å². The van der Waals surface area contributed by atoms with Crippen LogP contribution in [-0.2, 0) is 11.2 Å². The fourth-order valence-corrected chi connectivity index (χ4v) is 1.94. The number of nitrogens with one attached hydrogen (secondary N) is 3. The molecule has 0 atom stereocenters. The molecule has 9 heteroatoms. The third kappa shape index (κ3) is 6.13. The minimum atomic E-state index is -0.571. The highest BCUT2D eigenvalue weighted by atomic mass is 16.6. The molecule has 0 aliphatic rings. The van der Waals surface area contributed by atoms with E-state index in [0.29, 0.717) is 30.0 Å². The maximum absolute atomic E-state index is 12.1. The number of aromatic nitrogens is 3. The number of hydrogen-bond acceptors (Lipinski definition) is 6. The van der Waals surface area contributed by atoms with Crippen molar-refractivity contribution >= 4 is 23.6 Å². The molecule has 0 saturated carbocycles. The molecule has 0 unspecified atom stereocenters. The number of aromatic amines is 1.